The first kappa shape index (κ1) is 18.1. The zero-order valence-corrected chi connectivity index (χ0v) is 15.1. The van der Waals surface area contributed by atoms with Crippen molar-refractivity contribution in [2.24, 2.45) is 0 Å². The Morgan fingerprint density at radius 1 is 1.16 bits per heavy atom. The van der Waals surface area contributed by atoms with Crippen LogP contribution in [-0.4, -0.2) is 62.1 Å². The van der Waals surface area contributed by atoms with Gasteiger partial charge in [-0.15, -0.1) is 0 Å². The average molecular weight is 344 g/mol. The molecular weight excluding hydrogens is 316 g/mol. The number of aliphatic hydroxyl groups is 1. The molecule has 0 aliphatic carbocycles. The van der Waals surface area contributed by atoms with E-state index in [0.717, 1.165) is 37.4 Å². The van der Waals surface area contributed by atoms with Crippen LogP contribution in [0.4, 0.5) is 0 Å². The van der Waals surface area contributed by atoms with Crippen molar-refractivity contribution in [2.75, 3.05) is 46.5 Å². The van der Waals surface area contributed by atoms with E-state index in [-0.39, 0.29) is 0 Å². The number of nitrogens with one attached hydrogen (secondary N) is 1. The van der Waals surface area contributed by atoms with E-state index in [0.29, 0.717) is 19.6 Å². The monoisotopic (exact) mass is 344 g/mol. The van der Waals surface area contributed by atoms with Gasteiger partial charge in [-0.05, 0) is 23.9 Å². The van der Waals surface area contributed by atoms with Gasteiger partial charge in [-0.3, -0.25) is 4.90 Å². The SMILES string of the molecule is COc1ccc(CNCC(C)(O)CN2CCOCC2)c2ccccc12. The molecule has 0 saturated carbocycles. The minimum absolute atomic E-state index is 0.546. The molecule has 0 spiro atoms. The van der Waals surface area contributed by atoms with Gasteiger partial charge >= 0.3 is 0 Å². The summed E-state index contributed by atoms with van der Waals surface area (Å²) in [4.78, 5) is 2.26. The zero-order valence-electron chi connectivity index (χ0n) is 15.1. The summed E-state index contributed by atoms with van der Waals surface area (Å²) in [6.07, 6.45) is 0. The van der Waals surface area contributed by atoms with Crippen LogP contribution in [0.25, 0.3) is 10.8 Å². The molecule has 5 nitrogen and oxygen atoms in total. The summed E-state index contributed by atoms with van der Waals surface area (Å²) in [6.45, 7) is 7.09. The second-order valence-electron chi connectivity index (χ2n) is 6.96. The van der Waals surface area contributed by atoms with E-state index in [1.165, 1.54) is 10.9 Å². The molecule has 0 bridgehead atoms. The van der Waals surface area contributed by atoms with Gasteiger partial charge in [0.25, 0.3) is 0 Å². The molecule has 2 aromatic rings. The minimum Gasteiger partial charge on any atom is -0.496 e. The smallest absolute Gasteiger partial charge is 0.126 e. The van der Waals surface area contributed by atoms with E-state index in [9.17, 15) is 5.11 Å². The first-order chi connectivity index (χ1) is 12.1. The van der Waals surface area contributed by atoms with E-state index in [4.69, 9.17) is 9.47 Å². The van der Waals surface area contributed by atoms with E-state index in [1.54, 1.807) is 7.11 Å². The summed E-state index contributed by atoms with van der Waals surface area (Å²) in [5, 5.41) is 16.4. The molecule has 3 rings (SSSR count). The van der Waals surface area contributed by atoms with Gasteiger partial charge in [-0.2, -0.15) is 0 Å². The molecule has 1 fully saturated rings. The molecule has 0 aromatic heterocycles. The van der Waals surface area contributed by atoms with E-state index < -0.39 is 5.60 Å². The molecule has 1 heterocycles. The fraction of sp³-hybridized carbons (Fsp3) is 0.500. The molecule has 0 amide bonds. The Balaban J connectivity index is 1.61. The van der Waals surface area contributed by atoms with Crippen molar-refractivity contribution in [3.8, 4) is 5.75 Å². The molecule has 25 heavy (non-hydrogen) atoms. The fourth-order valence-corrected chi connectivity index (χ4v) is 3.43. The van der Waals surface area contributed by atoms with Gasteiger partial charge in [0.15, 0.2) is 0 Å². The topological polar surface area (TPSA) is 54.0 Å². The number of nitrogens with zero attached hydrogens (tertiary/aromatic N) is 1. The van der Waals surface area contributed by atoms with E-state index in [2.05, 4.69) is 28.4 Å². The minimum atomic E-state index is -0.764. The summed E-state index contributed by atoms with van der Waals surface area (Å²) in [7, 11) is 1.70. The molecule has 1 saturated heterocycles. The number of rotatable bonds is 7. The predicted molar refractivity (Wildman–Crippen MR) is 100 cm³/mol. The summed E-state index contributed by atoms with van der Waals surface area (Å²) in [5.74, 6) is 0.888. The first-order valence-electron chi connectivity index (χ1n) is 8.87. The van der Waals surface area contributed by atoms with Crippen molar-refractivity contribution < 1.29 is 14.6 Å². The Morgan fingerprint density at radius 3 is 2.60 bits per heavy atom. The first-order valence-corrected chi connectivity index (χ1v) is 8.87. The second kappa shape index (κ2) is 8.15. The van der Waals surface area contributed by atoms with Gasteiger partial charge in [0.05, 0.1) is 25.9 Å². The maximum atomic E-state index is 10.7. The molecule has 1 atom stereocenters. The number of morpholine rings is 1. The van der Waals surface area contributed by atoms with Crippen LogP contribution >= 0.6 is 0 Å². The number of methoxy groups -OCH3 is 1. The third-order valence-electron chi connectivity index (χ3n) is 4.68. The normalized spacial score (nSPS) is 18.2. The van der Waals surface area contributed by atoms with Crippen LogP contribution < -0.4 is 10.1 Å². The van der Waals surface area contributed by atoms with Crippen molar-refractivity contribution in [2.45, 2.75) is 19.1 Å². The number of ether oxygens (including phenoxy) is 2. The van der Waals surface area contributed by atoms with Crippen molar-refractivity contribution in [3.63, 3.8) is 0 Å². The lowest BCUT2D eigenvalue weighted by molar-refractivity contribution is -0.0219. The van der Waals surface area contributed by atoms with Gasteiger partial charge in [0.1, 0.15) is 5.75 Å². The zero-order chi connectivity index (χ0) is 17.7. The van der Waals surface area contributed by atoms with Gasteiger partial charge in [-0.1, -0.05) is 30.3 Å². The summed E-state index contributed by atoms with van der Waals surface area (Å²) >= 11 is 0. The van der Waals surface area contributed by atoms with Crippen molar-refractivity contribution in [1.29, 1.82) is 0 Å². The Hall–Kier alpha value is -1.66. The third-order valence-corrected chi connectivity index (χ3v) is 4.68. The fourth-order valence-electron chi connectivity index (χ4n) is 3.43. The third kappa shape index (κ3) is 4.70. The molecule has 1 aliphatic rings. The molecule has 2 aromatic carbocycles. The molecule has 1 aliphatic heterocycles. The highest BCUT2D eigenvalue weighted by molar-refractivity contribution is 5.91. The molecule has 136 valence electrons. The maximum Gasteiger partial charge on any atom is 0.126 e. The number of β-amino-alcohol motifs (C(OH)–C–C–N with tert-alkyl or cyclic N) is 1. The number of hydrogen-bond acceptors (Lipinski definition) is 5. The Labute approximate surface area is 149 Å². The van der Waals surface area contributed by atoms with Gasteiger partial charge in [0.2, 0.25) is 0 Å². The standard InChI is InChI=1S/C20H28N2O3/c1-20(23,15-22-9-11-25-12-10-22)14-21-13-16-7-8-19(24-2)18-6-4-3-5-17(16)18/h3-8,21,23H,9-15H2,1-2H3. The lowest BCUT2D eigenvalue weighted by atomic mass is 10.0. The van der Waals surface area contributed by atoms with Crippen LogP contribution in [0.15, 0.2) is 36.4 Å². The molecule has 0 radical (unpaired) electrons. The van der Waals surface area contributed by atoms with Crippen LogP contribution in [0.2, 0.25) is 0 Å². The lowest BCUT2D eigenvalue weighted by Crippen LogP contribution is -2.50. The highest BCUT2D eigenvalue weighted by Crippen LogP contribution is 2.28. The van der Waals surface area contributed by atoms with Crippen molar-refractivity contribution >= 4 is 10.8 Å². The molecule has 2 N–H and O–H groups in total. The van der Waals surface area contributed by atoms with E-state index >= 15 is 0 Å². The van der Waals surface area contributed by atoms with Crippen LogP contribution in [0.1, 0.15) is 12.5 Å². The number of fused-ring (bicyclic) bond motifs is 1. The van der Waals surface area contributed by atoms with Crippen LogP contribution in [0.5, 0.6) is 5.75 Å². The van der Waals surface area contributed by atoms with Gasteiger partial charge < -0.3 is 19.9 Å². The Kier molecular flexibility index (Phi) is 5.91. The Bertz CT molecular complexity index is 696. The van der Waals surface area contributed by atoms with Gasteiger partial charge in [0, 0.05) is 38.1 Å². The largest absolute Gasteiger partial charge is 0.496 e. The van der Waals surface area contributed by atoms with E-state index in [1.807, 2.05) is 25.1 Å². The lowest BCUT2D eigenvalue weighted by Gasteiger charge is -2.34. The molecular formula is C20H28N2O3. The van der Waals surface area contributed by atoms with Crippen LogP contribution in [0, 0.1) is 0 Å². The highest BCUT2D eigenvalue weighted by Gasteiger charge is 2.24. The Morgan fingerprint density at radius 2 is 1.88 bits per heavy atom. The van der Waals surface area contributed by atoms with Crippen molar-refractivity contribution in [3.05, 3.63) is 42.0 Å². The predicted octanol–water partition coefficient (Wildman–Crippen LogP) is 2.02. The summed E-state index contributed by atoms with van der Waals surface area (Å²) in [5.41, 5.74) is 0.443. The second-order valence-corrected chi connectivity index (χ2v) is 6.96. The quantitative estimate of drug-likeness (QED) is 0.805. The average Bonchev–Trinajstić information content (AvgIpc) is 2.62. The summed E-state index contributed by atoms with van der Waals surface area (Å²) in [6, 6.07) is 12.3. The number of benzene rings is 2. The number of hydrogen-bond donors (Lipinski definition) is 2. The summed E-state index contributed by atoms with van der Waals surface area (Å²) < 4.78 is 10.8. The maximum absolute atomic E-state index is 10.7. The van der Waals surface area contributed by atoms with Crippen LogP contribution in [0.3, 0.4) is 0 Å². The van der Waals surface area contributed by atoms with Crippen LogP contribution in [-0.2, 0) is 11.3 Å². The van der Waals surface area contributed by atoms with Gasteiger partial charge in [-0.25, -0.2) is 0 Å². The van der Waals surface area contributed by atoms with Crippen molar-refractivity contribution in [1.82, 2.24) is 10.2 Å². The molecule has 1 unspecified atom stereocenters. The molecule has 5 heteroatoms. The highest BCUT2D eigenvalue weighted by atomic mass is 16.5.